The first kappa shape index (κ1) is 15.0. The third-order valence-electron chi connectivity index (χ3n) is 3.30. The van der Waals surface area contributed by atoms with E-state index in [1.165, 1.54) is 0 Å². The highest BCUT2D eigenvalue weighted by Gasteiger charge is 2.27. The zero-order valence-corrected chi connectivity index (χ0v) is 11.5. The van der Waals surface area contributed by atoms with Gasteiger partial charge in [-0.05, 0) is 39.0 Å². The van der Waals surface area contributed by atoms with Gasteiger partial charge in [-0.2, -0.15) is 0 Å². The predicted molar refractivity (Wildman–Crippen MR) is 69.3 cm³/mol. The zero-order valence-electron chi connectivity index (χ0n) is 11.5. The molecule has 0 bridgehead atoms. The highest BCUT2D eigenvalue weighted by atomic mass is 16.4. The summed E-state index contributed by atoms with van der Waals surface area (Å²) in [4.78, 5) is 24.4. The van der Waals surface area contributed by atoms with Crippen molar-refractivity contribution in [2.45, 2.75) is 45.6 Å². The van der Waals surface area contributed by atoms with Crippen LogP contribution in [0.3, 0.4) is 0 Å². The molecule has 1 rings (SSSR count). The van der Waals surface area contributed by atoms with Crippen LogP contribution < -0.4 is 5.32 Å². The van der Waals surface area contributed by atoms with Crippen molar-refractivity contribution in [1.29, 1.82) is 0 Å². The van der Waals surface area contributed by atoms with Crippen LogP contribution in [0, 0.1) is 5.92 Å². The maximum absolute atomic E-state index is 11.9. The van der Waals surface area contributed by atoms with Crippen LogP contribution in [0.25, 0.3) is 0 Å². The van der Waals surface area contributed by atoms with Gasteiger partial charge in [0.25, 0.3) is 0 Å². The molecular weight excluding hydrogens is 232 g/mol. The van der Waals surface area contributed by atoms with E-state index >= 15 is 0 Å². The lowest BCUT2D eigenvalue weighted by molar-refractivity contribution is -0.138. The standard InChI is InChI=1S/C13H24N2O3/c1-4-13(2,3)14-11(16)8-15(9-12(17)18)7-10-5-6-10/h10H,4-9H2,1-3H3,(H,14,16)(H,17,18). The number of carbonyl (C=O) groups excluding carboxylic acids is 1. The summed E-state index contributed by atoms with van der Waals surface area (Å²) in [5, 5.41) is 11.8. The molecule has 0 radical (unpaired) electrons. The second-order valence-corrected chi connectivity index (χ2v) is 5.79. The van der Waals surface area contributed by atoms with E-state index in [1.807, 2.05) is 20.8 Å². The minimum atomic E-state index is -0.877. The van der Waals surface area contributed by atoms with Gasteiger partial charge in [-0.1, -0.05) is 6.92 Å². The van der Waals surface area contributed by atoms with E-state index in [0.717, 1.165) is 19.3 Å². The minimum Gasteiger partial charge on any atom is -0.480 e. The third kappa shape index (κ3) is 6.00. The van der Waals surface area contributed by atoms with E-state index in [9.17, 15) is 9.59 Å². The molecule has 0 aliphatic heterocycles. The number of nitrogens with one attached hydrogen (secondary N) is 1. The first-order valence-corrected chi connectivity index (χ1v) is 6.57. The Hall–Kier alpha value is -1.10. The number of rotatable bonds is 8. The summed E-state index contributed by atoms with van der Waals surface area (Å²) in [6.07, 6.45) is 3.15. The number of hydrogen-bond donors (Lipinski definition) is 2. The number of amides is 1. The Morgan fingerprint density at radius 3 is 2.39 bits per heavy atom. The van der Waals surface area contributed by atoms with Crippen LogP contribution in [0.15, 0.2) is 0 Å². The van der Waals surface area contributed by atoms with Gasteiger partial charge in [0.05, 0.1) is 13.1 Å². The lowest BCUT2D eigenvalue weighted by atomic mass is 10.0. The molecule has 0 aromatic heterocycles. The topological polar surface area (TPSA) is 69.6 Å². The van der Waals surface area contributed by atoms with Gasteiger partial charge in [-0.15, -0.1) is 0 Å². The fraction of sp³-hybridized carbons (Fsp3) is 0.846. The predicted octanol–water partition coefficient (Wildman–Crippen LogP) is 1.09. The summed E-state index contributed by atoms with van der Waals surface area (Å²) < 4.78 is 0. The Morgan fingerprint density at radius 2 is 1.94 bits per heavy atom. The number of nitrogens with zero attached hydrogens (tertiary/aromatic N) is 1. The van der Waals surface area contributed by atoms with E-state index in [2.05, 4.69) is 5.32 Å². The van der Waals surface area contributed by atoms with Crippen molar-refractivity contribution in [3.63, 3.8) is 0 Å². The number of hydrogen-bond acceptors (Lipinski definition) is 3. The smallest absolute Gasteiger partial charge is 0.317 e. The Bertz CT molecular complexity index is 311. The van der Waals surface area contributed by atoms with Crippen LogP contribution in [0.5, 0.6) is 0 Å². The zero-order chi connectivity index (χ0) is 13.8. The van der Waals surface area contributed by atoms with E-state index < -0.39 is 5.97 Å². The Balaban J connectivity index is 2.43. The van der Waals surface area contributed by atoms with E-state index in [0.29, 0.717) is 12.5 Å². The molecule has 104 valence electrons. The van der Waals surface area contributed by atoms with Crippen LogP contribution in [0.1, 0.15) is 40.0 Å². The largest absolute Gasteiger partial charge is 0.480 e. The molecule has 1 amide bonds. The second-order valence-electron chi connectivity index (χ2n) is 5.79. The molecule has 0 saturated heterocycles. The van der Waals surface area contributed by atoms with Crippen molar-refractivity contribution in [2.24, 2.45) is 5.92 Å². The first-order valence-electron chi connectivity index (χ1n) is 6.57. The lowest BCUT2D eigenvalue weighted by Crippen LogP contribution is -2.48. The average Bonchev–Trinajstić information content (AvgIpc) is 2.99. The fourth-order valence-electron chi connectivity index (χ4n) is 1.75. The SMILES string of the molecule is CCC(C)(C)NC(=O)CN(CC(=O)O)CC1CC1. The molecule has 0 unspecified atom stereocenters. The number of carbonyl (C=O) groups is 2. The first-order chi connectivity index (χ1) is 8.32. The third-order valence-corrected chi connectivity index (χ3v) is 3.30. The van der Waals surface area contributed by atoms with Crippen molar-refractivity contribution in [1.82, 2.24) is 10.2 Å². The van der Waals surface area contributed by atoms with Crippen LogP contribution in [0.4, 0.5) is 0 Å². The van der Waals surface area contributed by atoms with Crippen molar-refractivity contribution in [2.75, 3.05) is 19.6 Å². The number of aliphatic carboxylic acids is 1. The summed E-state index contributed by atoms with van der Waals surface area (Å²) in [5.74, 6) is -0.390. The highest BCUT2D eigenvalue weighted by Crippen LogP contribution is 2.29. The fourth-order valence-corrected chi connectivity index (χ4v) is 1.75. The van der Waals surface area contributed by atoms with Crippen LogP contribution >= 0.6 is 0 Å². The Labute approximate surface area is 109 Å². The second kappa shape index (κ2) is 6.18. The van der Waals surface area contributed by atoms with Crippen LogP contribution in [-0.2, 0) is 9.59 Å². The summed E-state index contributed by atoms with van der Waals surface area (Å²) in [5.41, 5.74) is -0.231. The molecule has 1 aliphatic rings. The Kier molecular flexibility index (Phi) is 5.14. The van der Waals surface area contributed by atoms with Gasteiger partial charge in [0.2, 0.25) is 5.91 Å². The number of carboxylic acid groups (broad SMARTS) is 1. The summed E-state index contributed by atoms with van der Waals surface area (Å²) in [7, 11) is 0. The summed E-state index contributed by atoms with van der Waals surface area (Å²) in [6, 6.07) is 0. The van der Waals surface area contributed by atoms with E-state index in [-0.39, 0.29) is 24.5 Å². The molecule has 0 spiro atoms. The monoisotopic (exact) mass is 256 g/mol. The molecule has 0 aromatic carbocycles. The van der Waals surface area contributed by atoms with Gasteiger partial charge in [-0.3, -0.25) is 14.5 Å². The molecule has 2 N–H and O–H groups in total. The van der Waals surface area contributed by atoms with Gasteiger partial charge in [0, 0.05) is 12.1 Å². The highest BCUT2D eigenvalue weighted by molar-refractivity contribution is 5.79. The van der Waals surface area contributed by atoms with Crippen molar-refractivity contribution in [3.8, 4) is 0 Å². The van der Waals surface area contributed by atoms with Crippen molar-refractivity contribution < 1.29 is 14.7 Å². The van der Waals surface area contributed by atoms with Crippen molar-refractivity contribution >= 4 is 11.9 Å². The average molecular weight is 256 g/mol. The van der Waals surface area contributed by atoms with E-state index in [1.54, 1.807) is 4.90 Å². The van der Waals surface area contributed by atoms with Crippen LogP contribution in [-0.4, -0.2) is 47.1 Å². The summed E-state index contributed by atoms with van der Waals surface area (Å²) >= 11 is 0. The molecule has 5 nitrogen and oxygen atoms in total. The maximum atomic E-state index is 11.9. The molecule has 1 fully saturated rings. The number of carboxylic acids is 1. The van der Waals surface area contributed by atoms with Gasteiger partial charge in [0.15, 0.2) is 0 Å². The Morgan fingerprint density at radius 1 is 1.33 bits per heavy atom. The summed E-state index contributed by atoms with van der Waals surface area (Å²) in [6.45, 7) is 6.77. The molecule has 0 atom stereocenters. The quantitative estimate of drug-likeness (QED) is 0.682. The van der Waals surface area contributed by atoms with Crippen molar-refractivity contribution in [3.05, 3.63) is 0 Å². The minimum absolute atomic E-state index is 0.0591. The molecule has 5 heteroatoms. The van der Waals surface area contributed by atoms with E-state index in [4.69, 9.17) is 5.11 Å². The van der Waals surface area contributed by atoms with Gasteiger partial charge in [-0.25, -0.2) is 0 Å². The molecule has 18 heavy (non-hydrogen) atoms. The lowest BCUT2D eigenvalue weighted by Gasteiger charge is -2.27. The van der Waals surface area contributed by atoms with Gasteiger partial charge < -0.3 is 10.4 Å². The maximum Gasteiger partial charge on any atom is 0.317 e. The molecule has 0 aromatic rings. The van der Waals surface area contributed by atoms with Crippen LogP contribution in [0.2, 0.25) is 0 Å². The molecule has 1 saturated carbocycles. The van der Waals surface area contributed by atoms with Gasteiger partial charge in [0.1, 0.15) is 0 Å². The molecule has 1 aliphatic carbocycles. The molecular formula is C13H24N2O3. The van der Waals surface area contributed by atoms with Gasteiger partial charge >= 0.3 is 5.97 Å². The molecule has 0 heterocycles. The normalized spacial score (nSPS) is 15.8.